The van der Waals surface area contributed by atoms with E-state index in [2.05, 4.69) is 41.8 Å². The Labute approximate surface area is 141 Å². The molecule has 0 amide bonds. The van der Waals surface area contributed by atoms with Gasteiger partial charge in [0.2, 0.25) is 0 Å². The fourth-order valence-electron chi connectivity index (χ4n) is 2.02. The molecule has 0 aliphatic rings. The van der Waals surface area contributed by atoms with Gasteiger partial charge in [0.15, 0.2) is 16.6 Å². The summed E-state index contributed by atoms with van der Waals surface area (Å²) >= 11 is 4.68. The lowest BCUT2D eigenvalue weighted by molar-refractivity contribution is 0.284. The molecule has 3 N–H and O–H groups in total. The summed E-state index contributed by atoms with van der Waals surface area (Å²) in [5.41, 5.74) is 11.0. The van der Waals surface area contributed by atoms with Crippen molar-refractivity contribution in [3.63, 3.8) is 0 Å². The largest absolute Gasteiger partial charge is 0.493 e. The zero-order valence-electron chi connectivity index (χ0n) is 13.1. The molecule has 2 rings (SSSR count). The zero-order chi connectivity index (χ0) is 16.7. The molecule has 0 saturated heterocycles. The van der Waals surface area contributed by atoms with Gasteiger partial charge in [-0.05, 0) is 48.5 Å². The molecule has 0 heterocycles. The van der Waals surface area contributed by atoms with Crippen LogP contribution in [-0.4, -0.2) is 18.4 Å². The Kier molecular flexibility index (Phi) is 5.94. The molecule has 2 aromatic carbocycles. The van der Waals surface area contributed by atoms with Crippen LogP contribution < -0.4 is 20.6 Å². The summed E-state index contributed by atoms with van der Waals surface area (Å²) < 4.78 is 11.2. The number of rotatable bonds is 6. The molecular formula is C17H19N3O2S. The summed E-state index contributed by atoms with van der Waals surface area (Å²) in [5.74, 6) is 1.31. The van der Waals surface area contributed by atoms with Crippen molar-refractivity contribution in [1.82, 2.24) is 5.43 Å². The highest BCUT2D eigenvalue weighted by Crippen LogP contribution is 2.28. The van der Waals surface area contributed by atoms with Crippen LogP contribution >= 0.6 is 12.2 Å². The van der Waals surface area contributed by atoms with Crippen LogP contribution in [0.4, 0.5) is 0 Å². The summed E-state index contributed by atoms with van der Waals surface area (Å²) in [6, 6.07) is 13.7. The van der Waals surface area contributed by atoms with E-state index in [-0.39, 0.29) is 5.11 Å². The summed E-state index contributed by atoms with van der Waals surface area (Å²) in [5, 5.41) is 4.03. The molecule has 120 valence electrons. The van der Waals surface area contributed by atoms with Gasteiger partial charge in [0.1, 0.15) is 6.61 Å². The molecule has 0 fully saturated rings. The third-order valence-corrected chi connectivity index (χ3v) is 3.14. The van der Waals surface area contributed by atoms with E-state index < -0.39 is 0 Å². The highest BCUT2D eigenvalue weighted by Gasteiger charge is 2.05. The lowest BCUT2D eigenvalue weighted by Crippen LogP contribution is -2.23. The Morgan fingerprint density at radius 2 is 2.09 bits per heavy atom. The standard InChI is InChI=1S/C17H19N3O2S/c1-12-4-3-5-14(8-12)11-22-15-7-6-13(9-16(15)21-2)10-19-20-17(18)23/h3-10H,11H2,1-2H3,(H3,18,20,23)/b19-10-. The summed E-state index contributed by atoms with van der Waals surface area (Å²) in [6.45, 7) is 2.54. The zero-order valence-corrected chi connectivity index (χ0v) is 13.9. The van der Waals surface area contributed by atoms with E-state index in [0.29, 0.717) is 18.1 Å². The number of hydrazone groups is 1. The monoisotopic (exact) mass is 329 g/mol. The number of hydrogen-bond acceptors (Lipinski definition) is 4. The van der Waals surface area contributed by atoms with Crippen LogP contribution in [0.1, 0.15) is 16.7 Å². The SMILES string of the molecule is COc1cc(/C=N\NC(N)=S)ccc1OCc1cccc(C)c1. The first-order valence-corrected chi connectivity index (χ1v) is 7.44. The van der Waals surface area contributed by atoms with E-state index in [0.717, 1.165) is 11.1 Å². The maximum absolute atomic E-state index is 5.84. The van der Waals surface area contributed by atoms with E-state index in [1.807, 2.05) is 30.3 Å². The molecule has 0 bridgehead atoms. The summed E-state index contributed by atoms with van der Waals surface area (Å²) in [7, 11) is 1.60. The van der Waals surface area contributed by atoms with Gasteiger partial charge in [0.25, 0.3) is 0 Å². The minimum atomic E-state index is 0.117. The van der Waals surface area contributed by atoms with Crippen molar-refractivity contribution in [2.24, 2.45) is 10.8 Å². The molecule has 5 nitrogen and oxygen atoms in total. The van der Waals surface area contributed by atoms with Crippen LogP contribution in [0, 0.1) is 6.92 Å². The Morgan fingerprint density at radius 3 is 2.78 bits per heavy atom. The second-order valence-corrected chi connectivity index (χ2v) is 5.36. The van der Waals surface area contributed by atoms with Crippen molar-refractivity contribution >= 4 is 23.5 Å². The van der Waals surface area contributed by atoms with Crippen molar-refractivity contribution in [1.29, 1.82) is 0 Å². The summed E-state index contributed by atoms with van der Waals surface area (Å²) in [4.78, 5) is 0. The van der Waals surface area contributed by atoms with E-state index in [9.17, 15) is 0 Å². The lowest BCUT2D eigenvalue weighted by atomic mass is 10.1. The lowest BCUT2D eigenvalue weighted by Gasteiger charge is -2.11. The Balaban J connectivity index is 2.07. The van der Waals surface area contributed by atoms with E-state index in [1.54, 1.807) is 13.3 Å². The van der Waals surface area contributed by atoms with Gasteiger partial charge in [-0.2, -0.15) is 5.10 Å². The third kappa shape index (κ3) is 5.27. The number of methoxy groups -OCH3 is 1. The average Bonchev–Trinajstić information content (AvgIpc) is 2.53. The van der Waals surface area contributed by atoms with Crippen molar-refractivity contribution in [2.75, 3.05) is 7.11 Å². The molecule has 0 radical (unpaired) electrons. The molecule has 0 aliphatic heterocycles. The second-order valence-electron chi connectivity index (χ2n) is 4.92. The van der Waals surface area contributed by atoms with Crippen LogP contribution in [0.15, 0.2) is 47.6 Å². The fraction of sp³-hybridized carbons (Fsp3) is 0.176. The summed E-state index contributed by atoms with van der Waals surface area (Å²) in [6.07, 6.45) is 1.60. The van der Waals surface area contributed by atoms with Crippen molar-refractivity contribution in [2.45, 2.75) is 13.5 Å². The molecule has 0 spiro atoms. The van der Waals surface area contributed by atoms with Gasteiger partial charge in [-0.1, -0.05) is 29.8 Å². The molecule has 2 aromatic rings. The number of aryl methyl sites for hydroxylation is 1. The molecule has 0 aromatic heterocycles. The third-order valence-electron chi connectivity index (χ3n) is 3.05. The van der Waals surface area contributed by atoms with Crippen LogP contribution in [-0.2, 0) is 6.61 Å². The number of nitrogens with zero attached hydrogens (tertiary/aromatic N) is 1. The molecule has 6 heteroatoms. The van der Waals surface area contributed by atoms with Crippen LogP contribution in [0.25, 0.3) is 0 Å². The minimum Gasteiger partial charge on any atom is -0.493 e. The number of hydrogen-bond donors (Lipinski definition) is 2. The van der Waals surface area contributed by atoms with Crippen molar-refractivity contribution in [3.05, 3.63) is 59.2 Å². The normalized spacial score (nSPS) is 10.5. The average molecular weight is 329 g/mol. The van der Waals surface area contributed by atoms with Crippen LogP contribution in [0.5, 0.6) is 11.5 Å². The maximum Gasteiger partial charge on any atom is 0.184 e. The van der Waals surface area contributed by atoms with Gasteiger partial charge in [0, 0.05) is 0 Å². The van der Waals surface area contributed by atoms with Crippen LogP contribution in [0.2, 0.25) is 0 Å². The highest BCUT2D eigenvalue weighted by atomic mass is 32.1. The van der Waals surface area contributed by atoms with Gasteiger partial charge >= 0.3 is 0 Å². The van der Waals surface area contributed by atoms with Crippen molar-refractivity contribution in [3.8, 4) is 11.5 Å². The fourth-order valence-corrected chi connectivity index (χ4v) is 2.07. The van der Waals surface area contributed by atoms with Gasteiger partial charge in [-0.15, -0.1) is 0 Å². The first-order valence-electron chi connectivity index (χ1n) is 7.03. The van der Waals surface area contributed by atoms with Gasteiger partial charge < -0.3 is 15.2 Å². The number of nitrogens with two attached hydrogens (primary N) is 1. The van der Waals surface area contributed by atoms with Gasteiger partial charge in [0.05, 0.1) is 13.3 Å². The molecular weight excluding hydrogens is 310 g/mol. The Hall–Kier alpha value is -2.60. The quantitative estimate of drug-likeness (QED) is 0.484. The van der Waals surface area contributed by atoms with E-state index >= 15 is 0 Å². The van der Waals surface area contributed by atoms with Crippen LogP contribution in [0.3, 0.4) is 0 Å². The molecule has 0 aliphatic carbocycles. The van der Waals surface area contributed by atoms with E-state index in [1.165, 1.54) is 5.56 Å². The second kappa shape index (κ2) is 8.14. The first kappa shape index (κ1) is 16.8. The number of nitrogens with one attached hydrogen (secondary N) is 1. The minimum absolute atomic E-state index is 0.117. The van der Waals surface area contributed by atoms with Crippen molar-refractivity contribution < 1.29 is 9.47 Å². The molecule has 0 atom stereocenters. The Bertz CT molecular complexity index is 717. The number of benzene rings is 2. The maximum atomic E-state index is 5.84. The number of thiocarbonyl (C=S) groups is 1. The smallest absolute Gasteiger partial charge is 0.184 e. The topological polar surface area (TPSA) is 68.9 Å². The Morgan fingerprint density at radius 1 is 1.26 bits per heavy atom. The molecule has 0 unspecified atom stereocenters. The predicted octanol–water partition coefficient (Wildman–Crippen LogP) is 2.75. The molecule has 23 heavy (non-hydrogen) atoms. The number of ether oxygens (including phenoxy) is 2. The molecule has 0 saturated carbocycles. The highest BCUT2D eigenvalue weighted by molar-refractivity contribution is 7.80. The van der Waals surface area contributed by atoms with E-state index in [4.69, 9.17) is 15.2 Å². The predicted molar refractivity (Wildman–Crippen MR) is 96.0 cm³/mol. The van der Waals surface area contributed by atoms with Gasteiger partial charge in [-0.3, -0.25) is 5.43 Å². The van der Waals surface area contributed by atoms with Gasteiger partial charge in [-0.25, -0.2) is 0 Å². The first-order chi connectivity index (χ1) is 11.1.